The lowest BCUT2D eigenvalue weighted by Crippen LogP contribution is -2.17. The SMILES string of the molecule is CCN(C)C=Nc1cc(C)c(Cc2nc(COc3ccc(C(=O)NC)cc3)cs2)cc1C. The Labute approximate surface area is 194 Å². The van der Waals surface area contributed by atoms with Gasteiger partial charge in [-0.2, -0.15) is 0 Å². The van der Waals surface area contributed by atoms with Gasteiger partial charge in [0.1, 0.15) is 12.4 Å². The standard InChI is InChI=1S/C25H30N4O2S/c1-6-29(5)16-27-23-12-17(2)20(11-18(23)3)13-24-28-21(15-32-24)14-31-22-9-7-19(8-10-22)25(30)26-4/h7-12,15-16H,6,13-14H2,1-5H3,(H,26,30). The highest BCUT2D eigenvalue weighted by molar-refractivity contribution is 7.09. The van der Waals surface area contributed by atoms with E-state index in [4.69, 9.17) is 9.72 Å². The Morgan fingerprint density at radius 3 is 2.66 bits per heavy atom. The minimum atomic E-state index is -0.112. The number of hydrogen-bond donors (Lipinski definition) is 1. The number of thiazole rings is 1. The average molecular weight is 451 g/mol. The third-order valence-corrected chi connectivity index (χ3v) is 6.12. The molecule has 0 aliphatic rings. The number of hydrogen-bond acceptors (Lipinski definition) is 5. The van der Waals surface area contributed by atoms with E-state index >= 15 is 0 Å². The lowest BCUT2D eigenvalue weighted by molar-refractivity contribution is 0.0963. The molecule has 1 heterocycles. The van der Waals surface area contributed by atoms with Crippen LogP contribution in [0.2, 0.25) is 0 Å². The van der Waals surface area contributed by atoms with E-state index in [-0.39, 0.29) is 5.91 Å². The highest BCUT2D eigenvalue weighted by atomic mass is 32.1. The van der Waals surface area contributed by atoms with Crippen LogP contribution in [0.3, 0.4) is 0 Å². The summed E-state index contributed by atoms with van der Waals surface area (Å²) < 4.78 is 5.83. The Hall–Kier alpha value is -3.19. The Morgan fingerprint density at radius 2 is 1.97 bits per heavy atom. The summed E-state index contributed by atoms with van der Waals surface area (Å²) in [4.78, 5) is 23.0. The second-order valence-corrected chi connectivity index (χ2v) is 8.63. The van der Waals surface area contributed by atoms with Crippen molar-refractivity contribution >= 4 is 29.3 Å². The molecule has 6 nitrogen and oxygen atoms in total. The normalized spacial score (nSPS) is 11.0. The van der Waals surface area contributed by atoms with Crippen molar-refractivity contribution < 1.29 is 9.53 Å². The van der Waals surface area contributed by atoms with Gasteiger partial charge in [-0.3, -0.25) is 4.79 Å². The average Bonchev–Trinajstić information content (AvgIpc) is 3.25. The third-order valence-electron chi connectivity index (χ3n) is 5.22. The van der Waals surface area contributed by atoms with Gasteiger partial charge in [0.05, 0.1) is 22.7 Å². The van der Waals surface area contributed by atoms with Gasteiger partial charge in [0, 0.05) is 38.0 Å². The quantitative estimate of drug-likeness (QED) is 0.372. The first-order valence-electron chi connectivity index (χ1n) is 10.6. The van der Waals surface area contributed by atoms with Gasteiger partial charge in [-0.1, -0.05) is 6.07 Å². The Bertz CT molecular complexity index is 1090. The van der Waals surface area contributed by atoms with Crippen LogP contribution in [-0.2, 0) is 13.0 Å². The monoisotopic (exact) mass is 450 g/mol. The van der Waals surface area contributed by atoms with Crippen molar-refractivity contribution in [2.24, 2.45) is 4.99 Å². The van der Waals surface area contributed by atoms with Crippen molar-refractivity contribution in [3.05, 3.63) is 74.7 Å². The first-order chi connectivity index (χ1) is 15.4. The van der Waals surface area contributed by atoms with E-state index in [1.54, 1.807) is 42.6 Å². The van der Waals surface area contributed by atoms with Crippen molar-refractivity contribution in [3.63, 3.8) is 0 Å². The van der Waals surface area contributed by atoms with Gasteiger partial charge in [-0.15, -0.1) is 11.3 Å². The molecule has 0 aliphatic heterocycles. The zero-order valence-corrected chi connectivity index (χ0v) is 20.1. The maximum atomic E-state index is 11.6. The van der Waals surface area contributed by atoms with Gasteiger partial charge in [0.25, 0.3) is 5.91 Å². The van der Waals surface area contributed by atoms with Gasteiger partial charge < -0.3 is 15.0 Å². The second kappa shape index (κ2) is 10.9. The first-order valence-corrected chi connectivity index (χ1v) is 11.5. The summed E-state index contributed by atoms with van der Waals surface area (Å²) in [5, 5.41) is 5.70. The van der Waals surface area contributed by atoms with Gasteiger partial charge in [0.15, 0.2) is 0 Å². The zero-order chi connectivity index (χ0) is 23.1. The van der Waals surface area contributed by atoms with Crippen LogP contribution in [0.4, 0.5) is 5.69 Å². The van der Waals surface area contributed by atoms with Crippen molar-refractivity contribution in [1.82, 2.24) is 15.2 Å². The van der Waals surface area contributed by atoms with Crippen molar-refractivity contribution in [2.75, 3.05) is 20.6 Å². The second-order valence-electron chi connectivity index (χ2n) is 7.68. The van der Waals surface area contributed by atoms with Gasteiger partial charge in [-0.05, 0) is 67.8 Å². The Balaban J connectivity index is 1.62. The van der Waals surface area contributed by atoms with Crippen LogP contribution >= 0.6 is 11.3 Å². The molecule has 0 spiro atoms. The van der Waals surface area contributed by atoms with Crippen LogP contribution in [0.5, 0.6) is 5.75 Å². The molecular weight excluding hydrogens is 420 g/mol. The number of nitrogens with zero attached hydrogens (tertiary/aromatic N) is 3. The molecule has 1 N–H and O–H groups in total. The summed E-state index contributed by atoms with van der Waals surface area (Å²) in [6, 6.07) is 11.4. The maximum absolute atomic E-state index is 11.6. The Morgan fingerprint density at radius 1 is 1.22 bits per heavy atom. The third kappa shape index (κ3) is 6.17. The molecule has 1 amide bonds. The number of aromatic nitrogens is 1. The molecule has 0 fully saturated rings. The maximum Gasteiger partial charge on any atom is 0.251 e. The number of ether oxygens (including phenoxy) is 1. The molecule has 32 heavy (non-hydrogen) atoms. The van der Waals surface area contributed by atoms with E-state index in [0.717, 1.165) is 34.9 Å². The van der Waals surface area contributed by atoms with Crippen LogP contribution in [0, 0.1) is 13.8 Å². The predicted octanol–water partition coefficient (Wildman–Crippen LogP) is 4.90. The summed E-state index contributed by atoms with van der Waals surface area (Å²) in [5.41, 5.74) is 6.14. The molecule has 7 heteroatoms. The molecule has 0 aliphatic carbocycles. The van der Waals surface area contributed by atoms with E-state index in [0.29, 0.717) is 17.9 Å². The lowest BCUT2D eigenvalue weighted by atomic mass is 10.0. The molecule has 0 radical (unpaired) electrons. The number of amides is 1. The van der Waals surface area contributed by atoms with Crippen LogP contribution in [0.1, 0.15) is 44.7 Å². The summed E-state index contributed by atoms with van der Waals surface area (Å²) >= 11 is 1.64. The smallest absolute Gasteiger partial charge is 0.251 e. The molecule has 0 saturated carbocycles. The molecule has 168 valence electrons. The number of carbonyl (C=O) groups is 1. The molecule has 0 unspecified atom stereocenters. The molecule has 1 aromatic heterocycles. The van der Waals surface area contributed by atoms with Gasteiger partial charge in [-0.25, -0.2) is 9.98 Å². The van der Waals surface area contributed by atoms with E-state index in [1.165, 1.54) is 11.1 Å². The molecule has 3 aromatic rings. The van der Waals surface area contributed by atoms with Gasteiger partial charge >= 0.3 is 0 Å². The van der Waals surface area contributed by atoms with Crippen LogP contribution in [0.25, 0.3) is 0 Å². The molecule has 2 aromatic carbocycles. The first kappa shape index (κ1) is 23.5. The Kier molecular flexibility index (Phi) is 8.00. The van der Waals surface area contributed by atoms with Crippen LogP contribution < -0.4 is 10.1 Å². The molecule has 0 bridgehead atoms. The molecule has 3 rings (SSSR count). The summed E-state index contributed by atoms with van der Waals surface area (Å²) in [5.74, 6) is 0.600. The molecule has 0 saturated heterocycles. The highest BCUT2D eigenvalue weighted by Gasteiger charge is 2.09. The number of benzene rings is 2. The van der Waals surface area contributed by atoms with E-state index in [2.05, 4.69) is 48.1 Å². The molecular formula is C25H30N4O2S. The zero-order valence-electron chi connectivity index (χ0n) is 19.3. The van der Waals surface area contributed by atoms with Crippen LogP contribution in [0.15, 0.2) is 46.8 Å². The highest BCUT2D eigenvalue weighted by Crippen LogP contribution is 2.26. The number of aryl methyl sites for hydroxylation is 2. The van der Waals surface area contributed by atoms with E-state index in [1.807, 2.05) is 18.8 Å². The minimum absolute atomic E-state index is 0.112. The minimum Gasteiger partial charge on any atom is -0.487 e. The fourth-order valence-electron chi connectivity index (χ4n) is 3.10. The number of rotatable bonds is 9. The topological polar surface area (TPSA) is 66.8 Å². The summed E-state index contributed by atoms with van der Waals surface area (Å²) in [6.45, 7) is 7.64. The van der Waals surface area contributed by atoms with Crippen molar-refractivity contribution in [3.8, 4) is 5.75 Å². The fourth-order valence-corrected chi connectivity index (χ4v) is 3.90. The van der Waals surface area contributed by atoms with Crippen molar-refractivity contribution in [2.45, 2.75) is 33.8 Å². The summed E-state index contributed by atoms with van der Waals surface area (Å²) in [6.07, 6.45) is 2.66. The predicted molar refractivity (Wildman–Crippen MR) is 131 cm³/mol. The number of nitrogens with one attached hydrogen (secondary N) is 1. The fraction of sp³-hybridized carbons (Fsp3) is 0.320. The number of carbonyl (C=O) groups excluding carboxylic acids is 1. The van der Waals surface area contributed by atoms with E-state index in [9.17, 15) is 4.79 Å². The van der Waals surface area contributed by atoms with Crippen LogP contribution in [-0.4, -0.2) is 42.8 Å². The summed E-state index contributed by atoms with van der Waals surface area (Å²) in [7, 11) is 3.63. The largest absolute Gasteiger partial charge is 0.487 e. The number of aliphatic imine (C=N–C) groups is 1. The van der Waals surface area contributed by atoms with Gasteiger partial charge in [0.2, 0.25) is 0 Å². The van der Waals surface area contributed by atoms with Crippen molar-refractivity contribution in [1.29, 1.82) is 0 Å². The molecule has 0 atom stereocenters. The van der Waals surface area contributed by atoms with E-state index < -0.39 is 0 Å². The lowest BCUT2D eigenvalue weighted by Gasteiger charge is -2.11.